The number of halogens is 2. The molecule has 1 aliphatic heterocycles. The number of benzene rings is 2. The van der Waals surface area contributed by atoms with Gasteiger partial charge in [0.2, 0.25) is 0 Å². The smallest absolute Gasteiger partial charge is 0.163 e. The molecule has 3 rings (SSSR count). The van der Waals surface area contributed by atoms with Crippen molar-refractivity contribution in [2.24, 2.45) is 5.41 Å². The van der Waals surface area contributed by atoms with Crippen LogP contribution in [0.1, 0.15) is 55.8 Å². The molecule has 0 bridgehead atoms. The lowest BCUT2D eigenvalue weighted by Gasteiger charge is -2.33. The van der Waals surface area contributed by atoms with E-state index in [4.69, 9.17) is 6.85 Å². The van der Waals surface area contributed by atoms with Crippen molar-refractivity contribution in [3.8, 4) is 0 Å². The quantitative estimate of drug-likeness (QED) is 0.568. The molecule has 22 heavy (non-hydrogen) atoms. The number of fused-ring (bicyclic) bond motifs is 2. The summed E-state index contributed by atoms with van der Waals surface area (Å²) in [6.45, 7) is 7.14. The van der Waals surface area contributed by atoms with Gasteiger partial charge in [0.05, 0.1) is 4.11 Å². The van der Waals surface area contributed by atoms with Gasteiger partial charge in [-0.05, 0) is 41.1 Å². The van der Waals surface area contributed by atoms with Crippen molar-refractivity contribution in [1.29, 1.82) is 0 Å². The van der Waals surface area contributed by atoms with Crippen LogP contribution in [0.4, 0.5) is 8.78 Å². The fourth-order valence-electron chi connectivity index (χ4n) is 2.84. The molecular formula is C19H20F2S. The van der Waals surface area contributed by atoms with Gasteiger partial charge < -0.3 is 0 Å². The Balaban J connectivity index is 2.55. The van der Waals surface area contributed by atoms with E-state index in [2.05, 4.69) is 0 Å². The maximum Gasteiger partial charge on any atom is 0.163 e. The summed E-state index contributed by atoms with van der Waals surface area (Å²) in [6.07, 6.45) is 0. The van der Waals surface area contributed by atoms with Crippen LogP contribution in [-0.4, -0.2) is 0 Å². The molecule has 0 unspecified atom stereocenters. The van der Waals surface area contributed by atoms with Crippen LogP contribution >= 0.6 is 11.8 Å². The van der Waals surface area contributed by atoms with Crippen molar-refractivity contribution in [3.05, 3.63) is 64.1 Å². The van der Waals surface area contributed by atoms with Crippen LogP contribution < -0.4 is 0 Å². The van der Waals surface area contributed by atoms with E-state index in [1.54, 1.807) is 6.92 Å². The van der Waals surface area contributed by atoms with Gasteiger partial charge in [0.25, 0.3) is 0 Å². The summed E-state index contributed by atoms with van der Waals surface area (Å²) in [5.74, 6) is -3.04. The Morgan fingerprint density at radius 3 is 2.64 bits per heavy atom. The van der Waals surface area contributed by atoms with Gasteiger partial charge in [0.15, 0.2) is 11.6 Å². The number of thioether (sulfide) groups is 1. The lowest BCUT2D eigenvalue weighted by Crippen LogP contribution is -2.21. The van der Waals surface area contributed by atoms with Gasteiger partial charge in [-0.15, -0.1) is 11.8 Å². The predicted molar refractivity (Wildman–Crippen MR) is 88.4 cm³/mol. The van der Waals surface area contributed by atoms with E-state index in [0.717, 1.165) is 6.07 Å². The summed E-state index contributed by atoms with van der Waals surface area (Å²) in [5.41, 5.74) is -2.43. The first-order valence-corrected chi connectivity index (χ1v) is 7.88. The topological polar surface area (TPSA) is 0 Å². The van der Waals surface area contributed by atoms with Crippen molar-refractivity contribution >= 4 is 11.8 Å². The average molecular weight is 323 g/mol. The highest BCUT2D eigenvalue weighted by Gasteiger charge is 2.34. The maximum atomic E-state index is 14.7. The number of hydrogen-bond donors (Lipinski definition) is 0. The first-order chi connectivity index (χ1) is 12.3. The summed E-state index contributed by atoms with van der Waals surface area (Å²) in [7, 11) is 0. The van der Waals surface area contributed by atoms with E-state index < -0.39 is 28.7 Å². The molecule has 0 aromatic heterocycles. The van der Waals surface area contributed by atoms with Crippen LogP contribution in [-0.2, 0) is 5.70 Å². The summed E-state index contributed by atoms with van der Waals surface area (Å²) in [6, 6.07) is 2.10. The largest absolute Gasteiger partial charge is 0.204 e. The molecule has 0 saturated carbocycles. The summed E-state index contributed by atoms with van der Waals surface area (Å²) in [5, 5.41) is 0. The van der Waals surface area contributed by atoms with Crippen LogP contribution in [0.5, 0.6) is 0 Å². The fourth-order valence-corrected chi connectivity index (χ4v) is 3.73. The Bertz CT molecular complexity index is 951. The maximum absolute atomic E-state index is 14.7. The van der Waals surface area contributed by atoms with Crippen LogP contribution in [0, 0.1) is 24.0 Å². The molecule has 1 atom stereocenters. The monoisotopic (exact) mass is 323 g/mol. The number of hydrogen-bond acceptors (Lipinski definition) is 1. The van der Waals surface area contributed by atoms with Crippen molar-refractivity contribution < 1.29 is 15.6 Å². The molecule has 2 aromatic carbocycles. The lowest BCUT2D eigenvalue weighted by atomic mass is 9.71. The molecule has 1 aliphatic rings. The summed E-state index contributed by atoms with van der Waals surface area (Å²) < 4.78 is 70.7. The second-order valence-electron chi connectivity index (χ2n) is 6.57. The molecule has 0 radical (unpaired) electrons. The summed E-state index contributed by atoms with van der Waals surface area (Å²) >= 11 is 0.620. The van der Waals surface area contributed by atoms with E-state index in [0.29, 0.717) is 17.3 Å². The third kappa shape index (κ3) is 2.56. The van der Waals surface area contributed by atoms with Gasteiger partial charge in [0.1, 0.15) is 0 Å². The van der Waals surface area contributed by atoms with Gasteiger partial charge in [-0.25, -0.2) is 8.78 Å². The summed E-state index contributed by atoms with van der Waals surface area (Å²) in [4.78, 5) is 0.217. The highest BCUT2D eigenvalue weighted by atomic mass is 32.2. The zero-order chi connectivity index (χ0) is 20.5. The van der Waals surface area contributed by atoms with Crippen molar-refractivity contribution in [2.45, 2.75) is 44.2 Å². The SMILES string of the molecule is [2H]c1c([2H])c2c(c([2H])c1C)SC([2H])([2H])c1c(ccc(F)c1F)[C@@H]2C(C)(C)C. The minimum absolute atomic E-state index is 0.0391. The Kier molecular flexibility index (Phi) is 2.55. The highest BCUT2D eigenvalue weighted by Crippen LogP contribution is 2.49. The highest BCUT2D eigenvalue weighted by molar-refractivity contribution is 7.98. The average Bonchev–Trinajstić information content (AvgIpc) is 2.66. The molecule has 3 heteroatoms. The van der Waals surface area contributed by atoms with E-state index >= 15 is 0 Å². The molecule has 0 saturated heterocycles. The van der Waals surface area contributed by atoms with E-state index in [1.165, 1.54) is 6.07 Å². The molecule has 116 valence electrons. The van der Waals surface area contributed by atoms with Gasteiger partial charge in [0, 0.05) is 24.8 Å². The second-order valence-corrected chi connectivity index (χ2v) is 7.39. The number of rotatable bonds is 0. The molecule has 0 aliphatic carbocycles. The standard InChI is InChI=1S/C19H20F2S/c1-11-5-6-13-16(9-11)22-10-14-12(17(13)19(2,3)4)7-8-15(20)18(14)21/h5-9,17H,10H2,1-4H3/t17-/m0/s1/i5D,6D,9D,10D2. The van der Waals surface area contributed by atoms with Gasteiger partial charge in [-0.3, -0.25) is 0 Å². The van der Waals surface area contributed by atoms with Crippen molar-refractivity contribution in [3.63, 3.8) is 0 Å². The zero-order valence-electron chi connectivity index (χ0n) is 17.9. The molecule has 0 fully saturated rings. The molecule has 0 N–H and O–H groups in total. The normalized spacial score (nSPS) is 23.2. The van der Waals surface area contributed by atoms with E-state index in [-0.39, 0.29) is 39.7 Å². The van der Waals surface area contributed by atoms with Crippen LogP contribution in [0.2, 0.25) is 0 Å². The molecular weight excluding hydrogens is 298 g/mol. The van der Waals surface area contributed by atoms with Gasteiger partial charge in [-0.1, -0.05) is 38.9 Å². The Morgan fingerprint density at radius 2 is 1.95 bits per heavy atom. The molecule has 2 aromatic rings. The van der Waals surface area contributed by atoms with E-state index in [9.17, 15) is 8.78 Å². The minimum atomic E-state index is -2.32. The molecule has 0 spiro atoms. The Hall–Kier alpha value is -1.35. The predicted octanol–water partition coefficient (Wildman–Crippen LogP) is 6.06. The van der Waals surface area contributed by atoms with E-state index in [1.807, 2.05) is 20.8 Å². The van der Waals surface area contributed by atoms with Crippen molar-refractivity contribution in [2.75, 3.05) is 0 Å². The van der Waals surface area contributed by atoms with Gasteiger partial charge >= 0.3 is 0 Å². The molecule has 1 heterocycles. The Labute approximate surface area is 142 Å². The lowest BCUT2D eigenvalue weighted by molar-refractivity contribution is 0.353. The van der Waals surface area contributed by atoms with Crippen LogP contribution in [0.25, 0.3) is 0 Å². The minimum Gasteiger partial charge on any atom is -0.204 e. The fraction of sp³-hybridized carbons (Fsp3) is 0.368. The second kappa shape index (κ2) is 5.38. The molecule has 0 amide bonds. The first-order valence-electron chi connectivity index (χ1n) is 9.56. The third-order valence-corrected chi connectivity index (χ3v) is 4.61. The van der Waals surface area contributed by atoms with Crippen LogP contribution in [0.15, 0.2) is 35.2 Å². The van der Waals surface area contributed by atoms with Gasteiger partial charge in [-0.2, -0.15) is 0 Å². The third-order valence-electron chi connectivity index (χ3n) is 3.78. The molecule has 0 nitrogen and oxygen atoms in total. The first kappa shape index (κ1) is 10.4. The van der Waals surface area contributed by atoms with Crippen LogP contribution in [0.3, 0.4) is 0 Å². The zero-order valence-corrected chi connectivity index (χ0v) is 13.7. The Morgan fingerprint density at radius 1 is 1.23 bits per heavy atom. The van der Waals surface area contributed by atoms with Crippen molar-refractivity contribution in [1.82, 2.24) is 0 Å².